The van der Waals surface area contributed by atoms with E-state index in [0.29, 0.717) is 13.0 Å². The van der Waals surface area contributed by atoms with Crippen molar-refractivity contribution in [3.63, 3.8) is 0 Å². The van der Waals surface area contributed by atoms with Crippen LogP contribution in [0.25, 0.3) is 0 Å². The van der Waals surface area contributed by atoms with Gasteiger partial charge in [-0.15, -0.1) is 0 Å². The number of aliphatic hydroxyl groups excluding tert-OH is 1. The first-order valence-corrected chi connectivity index (χ1v) is 4.58. The SMILES string of the molecule is OC1CNC2(CC2)C(C=C(F)F)C1. The second kappa shape index (κ2) is 3.03. The highest BCUT2D eigenvalue weighted by Gasteiger charge is 2.51. The number of rotatable bonds is 1. The molecule has 13 heavy (non-hydrogen) atoms. The molecule has 1 heterocycles. The third-order valence-corrected chi connectivity index (χ3v) is 3.04. The molecule has 2 atom stereocenters. The van der Waals surface area contributed by atoms with E-state index in [9.17, 15) is 13.9 Å². The summed E-state index contributed by atoms with van der Waals surface area (Å²) in [6.45, 7) is 0.540. The Morgan fingerprint density at radius 3 is 2.69 bits per heavy atom. The monoisotopic (exact) mass is 189 g/mol. The van der Waals surface area contributed by atoms with Crippen molar-refractivity contribution in [2.45, 2.75) is 30.9 Å². The molecule has 4 heteroatoms. The minimum atomic E-state index is -1.63. The lowest BCUT2D eigenvalue weighted by Gasteiger charge is -2.33. The summed E-state index contributed by atoms with van der Waals surface area (Å²) in [4.78, 5) is 0. The van der Waals surface area contributed by atoms with Crippen molar-refractivity contribution in [1.82, 2.24) is 5.32 Å². The summed E-state index contributed by atoms with van der Waals surface area (Å²) in [6.07, 6.45) is 1.24. The molecule has 1 saturated carbocycles. The Balaban J connectivity index is 2.09. The Bertz CT molecular complexity index is 234. The lowest BCUT2D eigenvalue weighted by atomic mass is 9.87. The molecule has 0 radical (unpaired) electrons. The summed E-state index contributed by atoms with van der Waals surface area (Å²) in [5.41, 5.74) is -0.108. The highest BCUT2D eigenvalue weighted by atomic mass is 19.3. The van der Waals surface area contributed by atoms with Crippen molar-refractivity contribution in [1.29, 1.82) is 0 Å². The van der Waals surface area contributed by atoms with Gasteiger partial charge in [0, 0.05) is 18.0 Å². The van der Waals surface area contributed by atoms with E-state index < -0.39 is 12.2 Å². The molecule has 2 N–H and O–H groups in total. The highest BCUT2D eigenvalue weighted by Crippen LogP contribution is 2.47. The van der Waals surface area contributed by atoms with Gasteiger partial charge in [-0.3, -0.25) is 0 Å². The van der Waals surface area contributed by atoms with Crippen molar-refractivity contribution in [3.05, 3.63) is 12.2 Å². The van der Waals surface area contributed by atoms with Crippen LogP contribution in [0.2, 0.25) is 0 Å². The number of hydrogen-bond donors (Lipinski definition) is 2. The molecule has 2 rings (SSSR count). The Kier molecular flexibility index (Phi) is 2.12. The maximum Gasteiger partial charge on any atom is 0.266 e. The fraction of sp³-hybridized carbons (Fsp3) is 0.778. The number of hydrogen-bond acceptors (Lipinski definition) is 2. The van der Waals surface area contributed by atoms with Gasteiger partial charge in [-0.2, -0.15) is 8.78 Å². The standard InChI is InChI=1S/C9H13F2NO/c10-8(11)4-6-3-7(13)5-12-9(6)1-2-9/h4,6-7,12-13H,1-3,5H2. The molecule has 2 unspecified atom stereocenters. The normalized spacial score (nSPS) is 35.9. The zero-order chi connectivity index (χ0) is 9.47. The second-order valence-corrected chi connectivity index (χ2v) is 3.99. The highest BCUT2D eigenvalue weighted by molar-refractivity contribution is 5.15. The van der Waals surface area contributed by atoms with Crippen LogP contribution in [0, 0.1) is 5.92 Å². The van der Waals surface area contributed by atoms with E-state index in [1.165, 1.54) is 0 Å². The molecule has 1 spiro atoms. The van der Waals surface area contributed by atoms with Gasteiger partial charge in [0.25, 0.3) is 6.08 Å². The number of halogens is 2. The van der Waals surface area contributed by atoms with E-state index in [0.717, 1.165) is 18.9 Å². The number of nitrogens with one attached hydrogen (secondary N) is 1. The Hall–Kier alpha value is -0.480. The minimum absolute atomic E-state index is 0.108. The van der Waals surface area contributed by atoms with Gasteiger partial charge >= 0.3 is 0 Å². The summed E-state index contributed by atoms with van der Waals surface area (Å²) in [7, 11) is 0. The van der Waals surface area contributed by atoms with Gasteiger partial charge in [0.1, 0.15) is 0 Å². The van der Waals surface area contributed by atoms with Crippen molar-refractivity contribution in [2.75, 3.05) is 6.54 Å². The van der Waals surface area contributed by atoms with Gasteiger partial charge in [-0.1, -0.05) is 0 Å². The van der Waals surface area contributed by atoms with E-state index in [4.69, 9.17) is 0 Å². The van der Waals surface area contributed by atoms with Gasteiger partial charge in [-0.25, -0.2) is 0 Å². The molecule has 1 aliphatic heterocycles. The summed E-state index contributed by atoms with van der Waals surface area (Å²) < 4.78 is 24.1. The van der Waals surface area contributed by atoms with E-state index in [1.807, 2.05) is 0 Å². The fourth-order valence-corrected chi connectivity index (χ4v) is 2.12. The Morgan fingerprint density at radius 1 is 1.46 bits per heavy atom. The number of aliphatic hydroxyl groups is 1. The summed E-state index contributed by atoms with van der Waals surface area (Å²) in [5, 5.41) is 12.5. The van der Waals surface area contributed by atoms with E-state index in [1.54, 1.807) is 0 Å². The van der Waals surface area contributed by atoms with Crippen LogP contribution in [0.4, 0.5) is 8.78 Å². The average Bonchev–Trinajstić information content (AvgIpc) is 2.78. The maximum atomic E-state index is 12.1. The first kappa shape index (κ1) is 9.09. The summed E-state index contributed by atoms with van der Waals surface area (Å²) in [5.74, 6) is -0.193. The van der Waals surface area contributed by atoms with Gasteiger partial charge in [0.15, 0.2) is 0 Å². The maximum absolute atomic E-state index is 12.1. The number of piperidine rings is 1. The van der Waals surface area contributed by atoms with Crippen LogP contribution in [0.3, 0.4) is 0 Å². The molecule has 0 aromatic rings. The molecular formula is C9H13F2NO. The van der Waals surface area contributed by atoms with E-state index >= 15 is 0 Å². The van der Waals surface area contributed by atoms with Crippen LogP contribution >= 0.6 is 0 Å². The topological polar surface area (TPSA) is 32.3 Å². The van der Waals surface area contributed by atoms with Crippen molar-refractivity contribution < 1.29 is 13.9 Å². The summed E-state index contributed by atoms with van der Waals surface area (Å²) in [6, 6.07) is 0. The Labute approximate surface area is 75.6 Å². The van der Waals surface area contributed by atoms with Gasteiger partial charge in [-0.05, 0) is 25.3 Å². The largest absolute Gasteiger partial charge is 0.392 e. The smallest absolute Gasteiger partial charge is 0.266 e. The van der Waals surface area contributed by atoms with E-state index in [2.05, 4.69) is 5.32 Å². The van der Waals surface area contributed by atoms with Crippen molar-refractivity contribution >= 4 is 0 Å². The predicted octanol–water partition coefficient (Wildman–Crippen LogP) is 1.27. The van der Waals surface area contributed by atoms with Crippen molar-refractivity contribution in [2.24, 2.45) is 5.92 Å². The quantitative estimate of drug-likeness (QED) is 0.651. The Morgan fingerprint density at radius 2 is 2.15 bits per heavy atom. The molecule has 74 valence electrons. The zero-order valence-electron chi connectivity index (χ0n) is 7.26. The molecule has 2 nitrogen and oxygen atoms in total. The van der Waals surface area contributed by atoms with Crippen LogP contribution in [0.15, 0.2) is 12.2 Å². The molecule has 2 aliphatic rings. The lowest BCUT2D eigenvalue weighted by Crippen LogP contribution is -2.49. The van der Waals surface area contributed by atoms with Crippen LogP contribution in [-0.2, 0) is 0 Å². The second-order valence-electron chi connectivity index (χ2n) is 3.99. The van der Waals surface area contributed by atoms with Crippen LogP contribution in [0.1, 0.15) is 19.3 Å². The summed E-state index contributed by atoms with van der Waals surface area (Å²) >= 11 is 0. The molecule has 2 fully saturated rings. The molecular weight excluding hydrogens is 176 g/mol. The molecule has 0 aromatic carbocycles. The third kappa shape index (κ3) is 1.74. The van der Waals surface area contributed by atoms with Gasteiger partial charge in [0.2, 0.25) is 0 Å². The van der Waals surface area contributed by atoms with Crippen molar-refractivity contribution in [3.8, 4) is 0 Å². The molecule has 0 bridgehead atoms. The van der Waals surface area contributed by atoms with Crippen LogP contribution in [-0.4, -0.2) is 23.3 Å². The predicted molar refractivity (Wildman–Crippen MR) is 44.4 cm³/mol. The zero-order valence-corrected chi connectivity index (χ0v) is 7.26. The molecule has 1 saturated heterocycles. The van der Waals surface area contributed by atoms with Crippen LogP contribution < -0.4 is 5.32 Å². The molecule has 0 aromatic heterocycles. The first-order chi connectivity index (χ1) is 6.12. The lowest BCUT2D eigenvalue weighted by molar-refractivity contribution is 0.0969. The van der Waals surface area contributed by atoms with Gasteiger partial charge < -0.3 is 10.4 Å². The van der Waals surface area contributed by atoms with Gasteiger partial charge in [0.05, 0.1) is 6.10 Å². The average molecular weight is 189 g/mol. The number of β-amino-alcohol motifs (C(OH)–C–C–N with tert-alkyl or cyclic N) is 1. The minimum Gasteiger partial charge on any atom is -0.392 e. The molecule has 0 amide bonds. The third-order valence-electron chi connectivity index (χ3n) is 3.04. The molecule has 1 aliphatic carbocycles. The van der Waals surface area contributed by atoms with Crippen LogP contribution in [0.5, 0.6) is 0 Å². The fourth-order valence-electron chi connectivity index (χ4n) is 2.12. The van der Waals surface area contributed by atoms with E-state index in [-0.39, 0.29) is 11.5 Å². The first-order valence-electron chi connectivity index (χ1n) is 4.58.